The normalized spacial score (nSPS) is 12.4. The highest BCUT2D eigenvalue weighted by Crippen LogP contribution is 2.23. The van der Waals surface area contributed by atoms with E-state index in [9.17, 15) is 22.0 Å². The Morgan fingerprint density at radius 3 is 2.45 bits per heavy atom. The minimum atomic E-state index is -3.98. The number of sulfonamides is 1. The van der Waals surface area contributed by atoms with E-state index in [1.54, 1.807) is 0 Å². The molecule has 1 N–H and O–H groups in total. The van der Waals surface area contributed by atoms with Crippen molar-refractivity contribution in [2.75, 3.05) is 10.6 Å². The summed E-state index contributed by atoms with van der Waals surface area (Å²) in [7, 11) is -3.98. The number of carbonyl (C=O) groups excluding carboxylic acids is 1. The molecular formula is C20H20F2N4O4S. The SMILES string of the molecule is Cc1ccc(-c2noc(CNC(=O)[C@H](C)N(c3ccc(F)c(F)c3)S(C)(=O)=O)n2)cc1. The second-order valence-electron chi connectivity index (χ2n) is 6.93. The number of benzene rings is 2. The van der Waals surface area contributed by atoms with E-state index in [-0.39, 0.29) is 18.1 Å². The summed E-state index contributed by atoms with van der Waals surface area (Å²) in [5, 5.41) is 6.37. The number of anilines is 1. The highest BCUT2D eigenvalue weighted by atomic mass is 32.2. The van der Waals surface area contributed by atoms with Crippen LogP contribution >= 0.6 is 0 Å². The maximum atomic E-state index is 13.6. The number of amides is 1. The van der Waals surface area contributed by atoms with E-state index in [0.717, 1.165) is 29.5 Å². The monoisotopic (exact) mass is 450 g/mol. The maximum absolute atomic E-state index is 13.6. The molecule has 0 unspecified atom stereocenters. The fourth-order valence-corrected chi connectivity index (χ4v) is 4.05. The Hall–Kier alpha value is -3.34. The van der Waals surface area contributed by atoms with Gasteiger partial charge in [-0.05, 0) is 26.0 Å². The molecule has 1 atom stereocenters. The van der Waals surface area contributed by atoms with Gasteiger partial charge >= 0.3 is 0 Å². The van der Waals surface area contributed by atoms with Gasteiger partial charge in [-0.2, -0.15) is 4.98 Å². The van der Waals surface area contributed by atoms with Crippen LogP contribution in [0.25, 0.3) is 11.4 Å². The van der Waals surface area contributed by atoms with Crippen molar-refractivity contribution < 1.29 is 26.5 Å². The summed E-state index contributed by atoms with van der Waals surface area (Å²) in [6.45, 7) is 3.13. The number of hydrogen-bond donors (Lipinski definition) is 1. The van der Waals surface area contributed by atoms with Gasteiger partial charge in [0.05, 0.1) is 18.5 Å². The van der Waals surface area contributed by atoms with Crippen molar-refractivity contribution in [1.82, 2.24) is 15.5 Å². The third kappa shape index (κ3) is 5.23. The molecule has 11 heteroatoms. The first-order chi connectivity index (χ1) is 14.6. The van der Waals surface area contributed by atoms with Crippen LogP contribution in [0.4, 0.5) is 14.5 Å². The van der Waals surface area contributed by atoms with E-state index >= 15 is 0 Å². The molecular weight excluding hydrogens is 430 g/mol. The Kier molecular flexibility index (Phi) is 6.34. The molecule has 0 fully saturated rings. The Bertz CT molecular complexity index is 1200. The number of halogens is 2. The molecule has 1 aromatic heterocycles. The van der Waals surface area contributed by atoms with E-state index in [1.165, 1.54) is 6.92 Å². The van der Waals surface area contributed by atoms with E-state index in [2.05, 4.69) is 15.5 Å². The molecule has 0 saturated carbocycles. The number of carbonyl (C=O) groups is 1. The summed E-state index contributed by atoms with van der Waals surface area (Å²) in [4.78, 5) is 16.8. The smallest absolute Gasteiger partial charge is 0.246 e. The van der Waals surface area contributed by atoms with Crippen LogP contribution in [0.5, 0.6) is 0 Å². The number of rotatable bonds is 7. The zero-order valence-corrected chi connectivity index (χ0v) is 17.8. The maximum Gasteiger partial charge on any atom is 0.246 e. The first kappa shape index (κ1) is 22.3. The topological polar surface area (TPSA) is 105 Å². The summed E-state index contributed by atoms with van der Waals surface area (Å²) in [5.41, 5.74) is 1.63. The van der Waals surface area contributed by atoms with Gasteiger partial charge in [0.2, 0.25) is 27.6 Å². The number of aromatic nitrogens is 2. The van der Waals surface area contributed by atoms with Gasteiger partial charge in [0, 0.05) is 11.6 Å². The van der Waals surface area contributed by atoms with E-state index < -0.39 is 33.6 Å². The summed E-state index contributed by atoms with van der Waals surface area (Å²) in [6, 6.07) is 8.78. The van der Waals surface area contributed by atoms with Crippen molar-refractivity contribution in [1.29, 1.82) is 0 Å². The third-order valence-electron chi connectivity index (χ3n) is 4.44. The quantitative estimate of drug-likeness (QED) is 0.594. The van der Waals surface area contributed by atoms with Gasteiger partial charge in [-0.25, -0.2) is 17.2 Å². The number of nitrogens with zero attached hydrogens (tertiary/aromatic N) is 3. The molecule has 0 aliphatic carbocycles. The van der Waals surface area contributed by atoms with Crippen LogP contribution in [-0.2, 0) is 21.4 Å². The molecule has 0 saturated heterocycles. The molecule has 1 amide bonds. The lowest BCUT2D eigenvalue weighted by atomic mass is 10.1. The van der Waals surface area contributed by atoms with Crippen LogP contribution in [0.3, 0.4) is 0 Å². The van der Waals surface area contributed by atoms with Crippen LogP contribution < -0.4 is 9.62 Å². The van der Waals surface area contributed by atoms with Gasteiger partial charge in [0.15, 0.2) is 11.6 Å². The van der Waals surface area contributed by atoms with Gasteiger partial charge in [-0.15, -0.1) is 0 Å². The van der Waals surface area contributed by atoms with E-state index in [1.807, 2.05) is 31.2 Å². The van der Waals surface area contributed by atoms with Crippen molar-refractivity contribution in [3.8, 4) is 11.4 Å². The Morgan fingerprint density at radius 1 is 1.16 bits per heavy atom. The molecule has 0 spiro atoms. The van der Waals surface area contributed by atoms with Gasteiger partial charge in [0.1, 0.15) is 6.04 Å². The van der Waals surface area contributed by atoms with Gasteiger partial charge in [-0.1, -0.05) is 35.0 Å². The fourth-order valence-electron chi connectivity index (χ4n) is 2.89. The van der Waals surface area contributed by atoms with Crippen molar-refractivity contribution in [2.45, 2.75) is 26.4 Å². The van der Waals surface area contributed by atoms with Crippen molar-refractivity contribution >= 4 is 21.6 Å². The second-order valence-corrected chi connectivity index (χ2v) is 8.79. The van der Waals surface area contributed by atoms with Gasteiger partial charge in [-0.3, -0.25) is 9.10 Å². The Labute approximate surface area is 177 Å². The molecule has 8 nitrogen and oxygen atoms in total. The van der Waals surface area contributed by atoms with Crippen molar-refractivity contribution in [2.24, 2.45) is 0 Å². The molecule has 3 aromatic rings. The molecule has 2 aromatic carbocycles. The average molecular weight is 450 g/mol. The molecule has 0 aliphatic heterocycles. The number of aryl methyl sites for hydroxylation is 1. The highest BCUT2D eigenvalue weighted by molar-refractivity contribution is 7.92. The van der Waals surface area contributed by atoms with Crippen LogP contribution in [0.1, 0.15) is 18.4 Å². The highest BCUT2D eigenvalue weighted by Gasteiger charge is 2.30. The Balaban J connectivity index is 1.72. The van der Waals surface area contributed by atoms with Gasteiger partial charge in [0.25, 0.3) is 0 Å². The predicted octanol–water partition coefficient (Wildman–Crippen LogP) is 2.79. The summed E-state index contributed by atoms with van der Waals surface area (Å²) < 4.78 is 57.1. The third-order valence-corrected chi connectivity index (χ3v) is 5.68. The predicted molar refractivity (Wildman–Crippen MR) is 109 cm³/mol. The van der Waals surface area contributed by atoms with E-state index in [0.29, 0.717) is 16.2 Å². The van der Waals surface area contributed by atoms with Crippen molar-refractivity contribution in [3.63, 3.8) is 0 Å². The molecule has 1 heterocycles. The fraction of sp³-hybridized carbons (Fsp3) is 0.250. The van der Waals surface area contributed by atoms with Crippen LogP contribution in [0.15, 0.2) is 47.0 Å². The minimum absolute atomic E-state index is 0.120. The van der Waals surface area contributed by atoms with Crippen LogP contribution in [0, 0.1) is 18.6 Å². The van der Waals surface area contributed by atoms with Crippen molar-refractivity contribution in [3.05, 3.63) is 65.6 Å². The van der Waals surface area contributed by atoms with Crippen LogP contribution in [0.2, 0.25) is 0 Å². The van der Waals surface area contributed by atoms with Gasteiger partial charge < -0.3 is 9.84 Å². The first-order valence-corrected chi connectivity index (χ1v) is 11.0. The van der Waals surface area contributed by atoms with E-state index in [4.69, 9.17) is 4.52 Å². The largest absolute Gasteiger partial charge is 0.345 e. The number of hydrogen-bond acceptors (Lipinski definition) is 6. The number of nitrogens with one attached hydrogen (secondary N) is 1. The summed E-state index contributed by atoms with van der Waals surface area (Å²) in [5.74, 6) is -2.58. The lowest BCUT2D eigenvalue weighted by molar-refractivity contribution is -0.122. The lowest BCUT2D eigenvalue weighted by Crippen LogP contribution is -2.47. The van der Waals surface area contributed by atoms with Crippen LogP contribution in [-0.4, -0.2) is 36.8 Å². The molecule has 0 aliphatic rings. The second kappa shape index (κ2) is 8.80. The minimum Gasteiger partial charge on any atom is -0.345 e. The molecule has 3 rings (SSSR count). The first-order valence-electron chi connectivity index (χ1n) is 9.18. The molecule has 31 heavy (non-hydrogen) atoms. The Morgan fingerprint density at radius 2 is 1.84 bits per heavy atom. The standard InChI is InChI=1S/C20H20F2N4O4S/c1-12-4-6-14(7-5-12)19-24-18(30-25-19)11-23-20(27)13(2)26(31(3,28)29)15-8-9-16(21)17(22)10-15/h4-10,13H,11H2,1-3H3,(H,23,27)/t13-/m0/s1. The summed E-state index contributed by atoms with van der Waals surface area (Å²) in [6.07, 6.45) is 0.865. The molecule has 164 valence electrons. The zero-order chi connectivity index (χ0) is 22.8. The average Bonchev–Trinajstić information content (AvgIpc) is 3.17. The lowest BCUT2D eigenvalue weighted by Gasteiger charge is -2.28. The zero-order valence-electron chi connectivity index (χ0n) is 17.0. The summed E-state index contributed by atoms with van der Waals surface area (Å²) >= 11 is 0. The molecule has 0 radical (unpaired) electrons. The molecule has 0 bridgehead atoms.